The van der Waals surface area contributed by atoms with Gasteiger partial charge in [0.25, 0.3) is 5.91 Å². The highest BCUT2D eigenvalue weighted by molar-refractivity contribution is 7.80. The Morgan fingerprint density at radius 3 is 2.27 bits per heavy atom. The van der Waals surface area contributed by atoms with E-state index in [-0.39, 0.29) is 18.1 Å². The van der Waals surface area contributed by atoms with Gasteiger partial charge < -0.3 is 37.4 Å². The Bertz CT molecular complexity index is 519. The number of carbonyl (C=O) groups excluding carboxylic acids is 2. The van der Waals surface area contributed by atoms with Crippen LogP contribution in [0.4, 0.5) is 0 Å². The number of carbonyl (C=O) groups is 3. The number of rotatable bonds is 11. The van der Waals surface area contributed by atoms with E-state index in [0.717, 1.165) is 5.01 Å². The fraction of sp³-hybridized carbons (Fsp3) is 0.692. The van der Waals surface area contributed by atoms with Gasteiger partial charge in [0.1, 0.15) is 6.04 Å². The molecule has 26 heavy (non-hydrogen) atoms. The van der Waals surface area contributed by atoms with E-state index in [1.807, 2.05) is 0 Å². The minimum absolute atomic E-state index is 0.0115. The summed E-state index contributed by atoms with van der Waals surface area (Å²) in [5.74, 6) is -2.54. The lowest BCUT2D eigenvalue weighted by atomic mass is 10.2. The van der Waals surface area contributed by atoms with Crippen molar-refractivity contribution in [3.63, 3.8) is 0 Å². The summed E-state index contributed by atoms with van der Waals surface area (Å²) in [5.41, 5.74) is 13.3. The van der Waals surface area contributed by atoms with Crippen molar-refractivity contribution in [2.75, 3.05) is 20.2 Å². The Kier molecular flexibility index (Phi) is 10.6. The molecule has 0 aromatic carbocycles. The fourth-order valence-electron chi connectivity index (χ4n) is 1.83. The van der Waals surface area contributed by atoms with Crippen molar-refractivity contribution in [1.82, 2.24) is 21.1 Å². The van der Waals surface area contributed by atoms with Gasteiger partial charge in [-0.05, 0) is 19.1 Å². The molecule has 0 aliphatic carbocycles. The molecule has 0 saturated carbocycles. The van der Waals surface area contributed by atoms with Crippen molar-refractivity contribution in [2.45, 2.75) is 37.6 Å². The topological polar surface area (TPSA) is 203 Å². The lowest BCUT2D eigenvalue weighted by Gasteiger charge is -2.27. The van der Waals surface area contributed by atoms with E-state index in [2.05, 4.69) is 16.1 Å². The molecule has 2 amide bonds. The molecule has 10 N–H and O–H groups in total. The fourth-order valence-corrected chi connectivity index (χ4v) is 2.12. The molecule has 0 aromatic heterocycles. The third-order valence-corrected chi connectivity index (χ3v) is 3.47. The summed E-state index contributed by atoms with van der Waals surface area (Å²) in [6.45, 7) is 0.761. The van der Waals surface area contributed by atoms with Crippen LogP contribution in [0.25, 0.3) is 0 Å². The number of aliphatic carboxylic acids is 1. The minimum atomic E-state index is -1.34. The van der Waals surface area contributed by atoms with Crippen LogP contribution in [0.1, 0.15) is 13.3 Å². The molecule has 150 valence electrons. The van der Waals surface area contributed by atoms with Gasteiger partial charge >= 0.3 is 5.97 Å². The maximum absolute atomic E-state index is 11.8. The van der Waals surface area contributed by atoms with E-state index in [9.17, 15) is 19.5 Å². The standard InChI is InChI=1S/C13H26N6O6S/c1-6(21)10(12(24)25)18-13(26)17-7(3-9(15)22)4-16-19(2)11(23)8(14)5-20/h6-8,10,16,20-21H,3-5,14H2,1-2H3,(H2,15,22)(H,24,25)(H2,17,18,26). The quantitative estimate of drug-likeness (QED) is 0.125. The highest BCUT2D eigenvalue weighted by Crippen LogP contribution is 1.96. The molecule has 4 unspecified atom stereocenters. The van der Waals surface area contributed by atoms with Gasteiger partial charge in [-0.1, -0.05) is 0 Å². The van der Waals surface area contributed by atoms with Crippen LogP contribution < -0.4 is 27.5 Å². The Morgan fingerprint density at radius 2 is 1.85 bits per heavy atom. The third-order valence-electron chi connectivity index (χ3n) is 3.24. The van der Waals surface area contributed by atoms with Crippen molar-refractivity contribution in [3.05, 3.63) is 0 Å². The number of nitrogens with one attached hydrogen (secondary N) is 3. The number of nitrogens with zero attached hydrogens (tertiary/aromatic N) is 1. The van der Waals surface area contributed by atoms with Gasteiger partial charge in [-0.15, -0.1) is 0 Å². The van der Waals surface area contributed by atoms with E-state index in [1.54, 1.807) is 0 Å². The first-order valence-corrected chi connectivity index (χ1v) is 8.04. The molecule has 0 heterocycles. The highest BCUT2D eigenvalue weighted by Gasteiger charge is 2.25. The maximum atomic E-state index is 11.8. The number of thiocarbonyl (C=S) groups is 1. The summed E-state index contributed by atoms with van der Waals surface area (Å²) in [6.07, 6.45) is -1.39. The average molecular weight is 394 g/mol. The van der Waals surface area contributed by atoms with Gasteiger partial charge in [-0.3, -0.25) is 14.6 Å². The Morgan fingerprint density at radius 1 is 1.27 bits per heavy atom. The van der Waals surface area contributed by atoms with Gasteiger partial charge in [-0.2, -0.15) is 0 Å². The third kappa shape index (κ3) is 8.87. The largest absolute Gasteiger partial charge is 0.480 e. The van der Waals surface area contributed by atoms with Gasteiger partial charge in [0.15, 0.2) is 11.2 Å². The molecule has 0 rings (SSSR count). The lowest BCUT2D eigenvalue weighted by molar-refractivity contribution is -0.141. The summed E-state index contributed by atoms with van der Waals surface area (Å²) < 4.78 is 0. The molecule has 0 fully saturated rings. The maximum Gasteiger partial charge on any atom is 0.328 e. The molecular weight excluding hydrogens is 368 g/mol. The summed E-state index contributed by atoms with van der Waals surface area (Å²) in [7, 11) is 1.38. The van der Waals surface area contributed by atoms with Crippen molar-refractivity contribution in [2.24, 2.45) is 11.5 Å². The van der Waals surface area contributed by atoms with Crippen LogP contribution in [-0.2, 0) is 14.4 Å². The zero-order chi connectivity index (χ0) is 20.4. The average Bonchev–Trinajstić information content (AvgIpc) is 2.54. The number of hydrogen-bond acceptors (Lipinski definition) is 8. The normalized spacial score (nSPS) is 15.3. The molecular formula is C13H26N6O6S. The first kappa shape index (κ1) is 23.9. The zero-order valence-electron chi connectivity index (χ0n) is 14.5. The first-order chi connectivity index (χ1) is 12.0. The number of hydrogen-bond donors (Lipinski definition) is 8. The number of carboxylic acids is 1. The van der Waals surface area contributed by atoms with Crippen molar-refractivity contribution in [3.8, 4) is 0 Å². The molecule has 0 saturated heterocycles. The molecule has 13 heteroatoms. The zero-order valence-corrected chi connectivity index (χ0v) is 15.3. The van der Waals surface area contributed by atoms with Gasteiger partial charge in [0.05, 0.1) is 18.8 Å². The van der Waals surface area contributed by atoms with E-state index in [0.29, 0.717) is 0 Å². The van der Waals surface area contributed by atoms with Crippen molar-refractivity contribution >= 4 is 35.1 Å². The number of hydrazine groups is 1. The number of aliphatic hydroxyl groups is 2. The SMILES string of the molecule is CC(O)C(NC(=S)NC(CNN(C)C(=O)C(N)CO)CC(N)=O)C(=O)O. The minimum Gasteiger partial charge on any atom is -0.480 e. The molecule has 0 bridgehead atoms. The number of aliphatic hydroxyl groups excluding tert-OH is 2. The summed E-state index contributed by atoms with van der Waals surface area (Å²) in [6, 6.07) is -3.12. The number of carboxylic acid groups (broad SMARTS) is 1. The summed E-state index contributed by atoms with van der Waals surface area (Å²) in [5, 5.41) is 33.3. The number of nitrogens with two attached hydrogens (primary N) is 2. The van der Waals surface area contributed by atoms with Gasteiger partial charge in [-0.25, -0.2) is 10.2 Å². The van der Waals surface area contributed by atoms with Gasteiger partial charge in [0, 0.05) is 20.0 Å². The second kappa shape index (κ2) is 11.5. The van der Waals surface area contributed by atoms with Gasteiger partial charge in [0.2, 0.25) is 5.91 Å². The van der Waals surface area contributed by atoms with Crippen LogP contribution >= 0.6 is 12.2 Å². The smallest absolute Gasteiger partial charge is 0.328 e. The van der Waals surface area contributed by atoms with Crippen LogP contribution in [0.15, 0.2) is 0 Å². The van der Waals surface area contributed by atoms with Crippen molar-refractivity contribution < 1.29 is 29.7 Å². The Hall–Kier alpha value is -2.06. The summed E-state index contributed by atoms with van der Waals surface area (Å²) >= 11 is 4.98. The van der Waals surface area contributed by atoms with Crippen LogP contribution in [-0.4, -0.2) is 87.7 Å². The van der Waals surface area contributed by atoms with E-state index < -0.39 is 48.6 Å². The molecule has 0 radical (unpaired) electrons. The first-order valence-electron chi connectivity index (χ1n) is 7.63. The predicted molar refractivity (Wildman–Crippen MR) is 95.4 cm³/mol. The number of primary amides is 1. The molecule has 0 aliphatic heterocycles. The van der Waals surface area contributed by atoms with Crippen LogP contribution in [0.3, 0.4) is 0 Å². The van der Waals surface area contributed by atoms with Crippen LogP contribution in [0.2, 0.25) is 0 Å². The Labute approximate surface area is 155 Å². The van der Waals surface area contributed by atoms with Crippen LogP contribution in [0.5, 0.6) is 0 Å². The highest BCUT2D eigenvalue weighted by atomic mass is 32.1. The summed E-state index contributed by atoms with van der Waals surface area (Å²) in [4.78, 5) is 34.0. The second-order valence-electron chi connectivity index (χ2n) is 5.59. The molecule has 4 atom stereocenters. The van der Waals surface area contributed by atoms with E-state index in [4.69, 9.17) is 33.9 Å². The molecule has 0 aliphatic rings. The monoisotopic (exact) mass is 394 g/mol. The Balaban J connectivity index is 4.79. The molecule has 0 spiro atoms. The van der Waals surface area contributed by atoms with E-state index in [1.165, 1.54) is 14.0 Å². The second-order valence-corrected chi connectivity index (χ2v) is 6.00. The number of amides is 2. The van der Waals surface area contributed by atoms with Crippen LogP contribution in [0, 0.1) is 0 Å². The molecule has 12 nitrogen and oxygen atoms in total. The molecule has 0 aromatic rings. The predicted octanol–water partition coefficient (Wildman–Crippen LogP) is -4.19. The number of likely N-dealkylation sites (N-methyl/N-ethyl adjacent to an activating group) is 1. The van der Waals surface area contributed by atoms with Crippen molar-refractivity contribution in [1.29, 1.82) is 0 Å². The lowest BCUT2D eigenvalue weighted by Crippen LogP contribution is -2.57. The van der Waals surface area contributed by atoms with E-state index >= 15 is 0 Å².